The van der Waals surface area contributed by atoms with Crippen LogP contribution >= 0.6 is 0 Å². The number of benzene rings is 1. The van der Waals surface area contributed by atoms with Crippen molar-refractivity contribution in [1.82, 2.24) is 8.87 Å². The molecule has 7 heteroatoms. The van der Waals surface area contributed by atoms with Gasteiger partial charge in [0, 0.05) is 32.0 Å². The molecule has 1 aromatic heterocycles. The van der Waals surface area contributed by atoms with Gasteiger partial charge in [-0.25, -0.2) is 8.42 Å². The van der Waals surface area contributed by atoms with Gasteiger partial charge in [0.05, 0.1) is 0 Å². The second-order valence-electron chi connectivity index (χ2n) is 7.54. The molecular formula is C20H27N3O3S. The van der Waals surface area contributed by atoms with E-state index in [0.29, 0.717) is 30.4 Å². The van der Waals surface area contributed by atoms with Gasteiger partial charge in [0.1, 0.15) is 10.6 Å². The lowest BCUT2D eigenvalue weighted by Crippen LogP contribution is -2.38. The van der Waals surface area contributed by atoms with Crippen LogP contribution in [0.1, 0.15) is 41.4 Å². The predicted octanol–water partition coefficient (Wildman–Crippen LogP) is 3.31. The number of anilines is 1. The van der Waals surface area contributed by atoms with Crippen molar-refractivity contribution in [3.05, 3.63) is 47.3 Å². The van der Waals surface area contributed by atoms with Crippen molar-refractivity contribution in [3.8, 4) is 0 Å². The minimum Gasteiger partial charge on any atom is -0.345 e. The van der Waals surface area contributed by atoms with Crippen molar-refractivity contribution in [2.45, 2.75) is 38.5 Å². The van der Waals surface area contributed by atoms with E-state index < -0.39 is 10.0 Å². The van der Waals surface area contributed by atoms with E-state index in [1.54, 1.807) is 11.6 Å². The molecule has 1 atom stereocenters. The first kappa shape index (κ1) is 19.6. The lowest BCUT2D eigenvalue weighted by atomic mass is 10.0. The van der Waals surface area contributed by atoms with Crippen LogP contribution in [-0.4, -0.2) is 36.3 Å². The van der Waals surface area contributed by atoms with E-state index in [4.69, 9.17) is 0 Å². The summed E-state index contributed by atoms with van der Waals surface area (Å²) in [6.45, 7) is 7.12. The largest absolute Gasteiger partial charge is 0.345 e. The van der Waals surface area contributed by atoms with Gasteiger partial charge in [0.2, 0.25) is 10.0 Å². The number of piperidine rings is 1. The first-order valence-electron chi connectivity index (χ1n) is 9.23. The summed E-state index contributed by atoms with van der Waals surface area (Å²) in [5.74, 6) is 0.0269. The molecule has 0 unspecified atom stereocenters. The number of sulfonamides is 1. The number of aromatic nitrogens is 1. The molecule has 1 saturated heterocycles. The normalized spacial score (nSPS) is 18.4. The summed E-state index contributed by atoms with van der Waals surface area (Å²) >= 11 is 0. The van der Waals surface area contributed by atoms with E-state index in [-0.39, 0.29) is 10.8 Å². The summed E-state index contributed by atoms with van der Waals surface area (Å²) in [4.78, 5) is 12.8. The van der Waals surface area contributed by atoms with E-state index in [2.05, 4.69) is 12.2 Å². The first-order valence-corrected chi connectivity index (χ1v) is 10.7. The number of hydrogen-bond acceptors (Lipinski definition) is 3. The summed E-state index contributed by atoms with van der Waals surface area (Å²) in [5, 5.41) is 2.85. The molecule has 0 radical (unpaired) electrons. The molecule has 146 valence electrons. The number of rotatable bonds is 4. The van der Waals surface area contributed by atoms with Crippen LogP contribution in [0.2, 0.25) is 0 Å². The third-order valence-corrected chi connectivity index (χ3v) is 7.07. The Morgan fingerprint density at radius 3 is 2.59 bits per heavy atom. The number of hydrogen-bond donors (Lipinski definition) is 1. The molecule has 1 amide bonds. The zero-order valence-corrected chi connectivity index (χ0v) is 17.1. The standard InChI is InChI=1S/C20H27N3O3S/c1-14-6-5-9-23(12-14)27(25,26)18-11-19(22(4)13-18)20(24)21-17-8-7-15(2)16(3)10-17/h7-8,10-11,13-14H,5-6,9,12H2,1-4H3,(H,21,24)/t14-/m1/s1. The van der Waals surface area contributed by atoms with Crippen LogP contribution in [0.4, 0.5) is 5.69 Å². The molecule has 1 aromatic carbocycles. The molecule has 1 aliphatic rings. The van der Waals surface area contributed by atoms with E-state index in [1.165, 1.54) is 16.6 Å². The van der Waals surface area contributed by atoms with Gasteiger partial charge in [0.15, 0.2) is 0 Å². The van der Waals surface area contributed by atoms with E-state index in [9.17, 15) is 13.2 Å². The molecular weight excluding hydrogens is 362 g/mol. The Morgan fingerprint density at radius 2 is 1.93 bits per heavy atom. The minimum atomic E-state index is -3.58. The van der Waals surface area contributed by atoms with Crippen molar-refractivity contribution in [1.29, 1.82) is 0 Å². The summed E-state index contributed by atoms with van der Waals surface area (Å²) in [7, 11) is -1.90. The third kappa shape index (κ3) is 4.09. The summed E-state index contributed by atoms with van der Waals surface area (Å²) in [6, 6.07) is 7.16. The quantitative estimate of drug-likeness (QED) is 0.872. The van der Waals surface area contributed by atoms with Gasteiger partial charge in [-0.1, -0.05) is 13.0 Å². The van der Waals surface area contributed by atoms with Gasteiger partial charge in [-0.15, -0.1) is 0 Å². The van der Waals surface area contributed by atoms with Crippen LogP contribution in [0.25, 0.3) is 0 Å². The lowest BCUT2D eigenvalue weighted by Gasteiger charge is -2.29. The molecule has 1 fully saturated rings. The van der Waals surface area contributed by atoms with Crippen molar-refractivity contribution < 1.29 is 13.2 Å². The Kier molecular flexibility index (Phi) is 5.44. The Balaban J connectivity index is 1.83. The second-order valence-corrected chi connectivity index (χ2v) is 9.47. The van der Waals surface area contributed by atoms with Crippen LogP contribution in [0.15, 0.2) is 35.4 Å². The fourth-order valence-corrected chi connectivity index (χ4v) is 5.10. The topological polar surface area (TPSA) is 71.4 Å². The lowest BCUT2D eigenvalue weighted by molar-refractivity contribution is 0.101. The average molecular weight is 390 g/mol. The highest BCUT2D eigenvalue weighted by Crippen LogP contribution is 2.25. The molecule has 0 spiro atoms. The molecule has 2 aromatic rings. The molecule has 6 nitrogen and oxygen atoms in total. The third-order valence-electron chi connectivity index (χ3n) is 5.23. The van der Waals surface area contributed by atoms with Crippen LogP contribution in [-0.2, 0) is 17.1 Å². The molecule has 0 saturated carbocycles. The SMILES string of the molecule is Cc1ccc(NC(=O)c2cc(S(=O)(=O)N3CCC[C@@H](C)C3)cn2C)cc1C. The highest BCUT2D eigenvalue weighted by Gasteiger charge is 2.30. The maximum Gasteiger partial charge on any atom is 0.272 e. The fraction of sp³-hybridized carbons (Fsp3) is 0.450. The van der Waals surface area contributed by atoms with Crippen LogP contribution in [0.5, 0.6) is 0 Å². The van der Waals surface area contributed by atoms with Crippen molar-refractivity contribution in [3.63, 3.8) is 0 Å². The van der Waals surface area contributed by atoms with E-state index >= 15 is 0 Å². The van der Waals surface area contributed by atoms with E-state index in [1.807, 2.05) is 32.0 Å². The van der Waals surface area contributed by atoms with Gasteiger partial charge >= 0.3 is 0 Å². The first-order chi connectivity index (χ1) is 12.7. The minimum absolute atomic E-state index is 0.171. The molecule has 3 rings (SSSR count). The summed E-state index contributed by atoms with van der Waals surface area (Å²) in [5.41, 5.74) is 3.24. The van der Waals surface area contributed by atoms with Crippen LogP contribution in [0.3, 0.4) is 0 Å². The van der Waals surface area contributed by atoms with Crippen LogP contribution < -0.4 is 5.32 Å². The molecule has 1 aliphatic heterocycles. The molecule has 0 aliphatic carbocycles. The number of amides is 1. The number of nitrogens with zero attached hydrogens (tertiary/aromatic N) is 2. The van der Waals surface area contributed by atoms with Gasteiger partial charge < -0.3 is 9.88 Å². The van der Waals surface area contributed by atoms with Gasteiger partial charge in [-0.05, 0) is 61.9 Å². The molecule has 1 N–H and O–H groups in total. The second kappa shape index (κ2) is 7.48. The summed E-state index contributed by atoms with van der Waals surface area (Å²) < 4.78 is 29.0. The maximum absolute atomic E-state index is 12.9. The predicted molar refractivity (Wildman–Crippen MR) is 106 cm³/mol. The zero-order chi connectivity index (χ0) is 19.8. The maximum atomic E-state index is 12.9. The van der Waals surface area contributed by atoms with Crippen molar-refractivity contribution in [2.24, 2.45) is 13.0 Å². The fourth-order valence-electron chi connectivity index (χ4n) is 3.43. The Hall–Kier alpha value is -2.12. The Labute approximate surface area is 161 Å². The highest BCUT2D eigenvalue weighted by atomic mass is 32.2. The number of carbonyl (C=O) groups excluding carboxylic acids is 1. The molecule has 2 heterocycles. The van der Waals surface area contributed by atoms with Crippen molar-refractivity contribution >= 4 is 21.6 Å². The van der Waals surface area contributed by atoms with Gasteiger partial charge in [-0.3, -0.25) is 4.79 Å². The number of carbonyl (C=O) groups is 1. The zero-order valence-electron chi connectivity index (χ0n) is 16.3. The van der Waals surface area contributed by atoms with Gasteiger partial charge in [0.25, 0.3) is 5.91 Å². The monoisotopic (exact) mass is 389 g/mol. The van der Waals surface area contributed by atoms with Gasteiger partial charge in [-0.2, -0.15) is 4.31 Å². The average Bonchev–Trinajstić information content (AvgIpc) is 3.01. The smallest absolute Gasteiger partial charge is 0.272 e. The highest BCUT2D eigenvalue weighted by molar-refractivity contribution is 7.89. The Bertz CT molecular complexity index is 963. The number of aryl methyl sites for hydroxylation is 3. The van der Waals surface area contributed by atoms with E-state index in [0.717, 1.165) is 24.0 Å². The summed E-state index contributed by atoms with van der Waals surface area (Å²) in [6.07, 6.45) is 3.43. The Morgan fingerprint density at radius 1 is 1.19 bits per heavy atom. The number of nitrogens with one attached hydrogen (secondary N) is 1. The van der Waals surface area contributed by atoms with Crippen LogP contribution in [0, 0.1) is 19.8 Å². The molecule has 0 bridgehead atoms. The van der Waals surface area contributed by atoms with Crippen molar-refractivity contribution in [2.75, 3.05) is 18.4 Å². The molecule has 27 heavy (non-hydrogen) atoms.